The van der Waals surface area contributed by atoms with Gasteiger partial charge in [-0.3, -0.25) is 4.79 Å². The predicted octanol–water partition coefficient (Wildman–Crippen LogP) is 4.45. The molecule has 5 rings (SSSR count). The van der Waals surface area contributed by atoms with Gasteiger partial charge in [0, 0.05) is 23.5 Å². The number of nitrogens with zero attached hydrogens (tertiary/aromatic N) is 1. The molecule has 31 heavy (non-hydrogen) atoms. The summed E-state index contributed by atoms with van der Waals surface area (Å²) in [7, 11) is 0. The molecule has 160 valence electrons. The number of carbonyl (C=O) groups is 1. The van der Waals surface area contributed by atoms with E-state index in [1.807, 2.05) is 36.4 Å². The second kappa shape index (κ2) is 8.67. The second-order valence-corrected chi connectivity index (χ2v) is 8.77. The van der Waals surface area contributed by atoms with Gasteiger partial charge in [0.25, 0.3) is 5.91 Å². The lowest BCUT2D eigenvalue weighted by molar-refractivity contribution is 0.0575. The van der Waals surface area contributed by atoms with Gasteiger partial charge in [-0.25, -0.2) is 4.79 Å². The molecule has 2 atom stereocenters. The number of rotatable bonds is 4. The summed E-state index contributed by atoms with van der Waals surface area (Å²) >= 11 is 0. The van der Waals surface area contributed by atoms with Gasteiger partial charge < -0.3 is 14.6 Å². The smallest absolute Gasteiger partial charge is 0.344 e. The van der Waals surface area contributed by atoms with E-state index in [0.29, 0.717) is 28.7 Å². The van der Waals surface area contributed by atoms with Crippen LogP contribution in [-0.4, -0.2) is 36.5 Å². The van der Waals surface area contributed by atoms with Crippen LogP contribution in [0.2, 0.25) is 0 Å². The van der Waals surface area contributed by atoms with E-state index in [-0.39, 0.29) is 11.5 Å². The Hall–Kier alpha value is -2.92. The van der Waals surface area contributed by atoms with E-state index in [1.165, 1.54) is 45.2 Å². The Labute approximate surface area is 182 Å². The zero-order valence-corrected chi connectivity index (χ0v) is 17.7. The lowest BCUT2D eigenvalue weighted by Gasteiger charge is -2.44. The van der Waals surface area contributed by atoms with Crippen LogP contribution in [0.15, 0.2) is 63.8 Å². The molecule has 2 aliphatic rings. The van der Waals surface area contributed by atoms with Crippen molar-refractivity contribution in [3.8, 4) is 11.1 Å². The van der Waals surface area contributed by atoms with Gasteiger partial charge in [0.1, 0.15) is 5.58 Å². The van der Waals surface area contributed by atoms with Crippen LogP contribution in [-0.2, 0) is 0 Å². The van der Waals surface area contributed by atoms with Crippen LogP contribution >= 0.6 is 0 Å². The summed E-state index contributed by atoms with van der Waals surface area (Å²) in [5.74, 6) is 0.490. The summed E-state index contributed by atoms with van der Waals surface area (Å²) in [4.78, 5) is 27.7. The zero-order chi connectivity index (χ0) is 21.2. The molecule has 3 aromatic rings. The molecular formula is C26H28N2O3. The monoisotopic (exact) mass is 416 g/mol. The van der Waals surface area contributed by atoms with Crippen LogP contribution < -0.4 is 10.9 Å². The normalized spacial score (nSPS) is 21.5. The van der Waals surface area contributed by atoms with Crippen molar-refractivity contribution in [1.82, 2.24) is 10.2 Å². The topological polar surface area (TPSA) is 62.6 Å². The van der Waals surface area contributed by atoms with Gasteiger partial charge in [-0.1, -0.05) is 36.8 Å². The van der Waals surface area contributed by atoms with Crippen LogP contribution in [0.5, 0.6) is 0 Å². The van der Waals surface area contributed by atoms with E-state index in [9.17, 15) is 9.59 Å². The van der Waals surface area contributed by atoms with Crippen molar-refractivity contribution < 1.29 is 9.21 Å². The number of nitrogens with one attached hydrogen (secondary N) is 1. The van der Waals surface area contributed by atoms with Gasteiger partial charge in [-0.15, -0.1) is 0 Å². The molecule has 2 saturated heterocycles. The summed E-state index contributed by atoms with van der Waals surface area (Å²) in [6.07, 6.45) is 6.27. The fourth-order valence-corrected chi connectivity index (χ4v) is 5.21. The summed E-state index contributed by atoms with van der Waals surface area (Å²) in [6.45, 7) is 3.15. The Morgan fingerprint density at radius 3 is 2.68 bits per heavy atom. The van der Waals surface area contributed by atoms with E-state index in [1.54, 1.807) is 18.2 Å². The Morgan fingerprint density at radius 2 is 1.81 bits per heavy atom. The van der Waals surface area contributed by atoms with Crippen LogP contribution in [0, 0.1) is 5.92 Å². The van der Waals surface area contributed by atoms with Crippen LogP contribution in [0.4, 0.5) is 0 Å². The lowest BCUT2D eigenvalue weighted by atomic mass is 9.83. The first-order chi connectivity index (χ1) is 15.2. The fraction of sp³-hybridized carbons (Fsp3) is 0.385. The van der Waals surface area contributed by atoms with E-state index >= 15 is 0 Å². The first-order valence-electron chi connectivity index (χ1n) is 11.3. The standard InChI is InChI=1S/C26H28N2O3/c29-25(27-17-21-7-5-15-28-14-4-3-8-23(21)28)19-12-10-18(11-13-19)22-16-20-6-1-2-9-24(20)31-26(22)30/h1-2,6,9-13,16,21,23H,3-5,7-8,14-15,17H2,(H,27,29)/t21-,23-/m0/s1. The van der Waals surface area contributed by atoms with Crippen LogP contribution in [0.3, 0.4) is 0 Å². The van der Waals surface area contributed by atoms with Gasteiger partial charge in [-0.2, -0.15) is 0 Å². The van der Waals surface area contributed by atoms with Crippen molar-refractivity contribution in [2.75, 3.05) is 19.6 Å². The molecule has 0 aliphatic carbocycles. The minimum Gasteiger partial charge on any atom is -0.422 e. The molecule has 0 bridgehead atoms. The van der Waals surface area contributed by atoms with Crippen molar-refractivity contribution in [3.05, 3.63) is 70.6 Å². The average Bonchev–Trinajstić information content (AvgIpc) is 2.82. The van der Waals surface area contributed by atoms with E-state index in [4.69, 9.17) is 4.42 Å². The number of piperidine rings is 2. The van der Waals surface area contributed by atoms with Crippen molar-refractivity contribution in [2.24, 2.45) is 5.92 Å². The lowest BCUT2D eigenvalue weighted by Crippen LogP contribution is -2.51. The third kappa shape index (κ3) is 4.15. The SMILES string of the molecule is O=C(NC[C@@H]1CCCN2CCCC[C@@H]12)c1ccc(-c2cc3ccccc3oc2=O)cc1. The van der Waals surface area contributed by atoms with E-state index in [0.717, 1.165) is 17.5 Å². The molecule has 0 unspecified atom stereocenters. The first-order valence-corrected chi connectivity index (χ1v) is 11.3. The number of hydrogen-bond donors (Lipinski definition) is 1. The molecule has 5 nitrogen and oxygen atoms in total. The molecule has 1 amide bonds. The number of fused-ring (bicyclic) bond motifs is 2. The molecule has 5 heteroatoms. The molecule has 1 N–H and O–H groups in total. The molecule has 2 fully saturated rings. The Kier molecular flexibility index (Phi) is 5.60. The van der Waals surface area contributed by atoms with Crippen molar-refractivity contribution in [3.63, 3.8) is 0 Å². The highest BCUT2D eigenvalue weighted by molar-refractivity contribution is 5.94. The third-order valence-electron chi connectivity index (χ3n) is 6.85. The number of hydrogen-bond acceptors (Lipinski definition) is 4. The van der Waals surface area contributed by atoms with Gasteiger partial charge in [0.05, 0.1) is 5.56 Å². The Bertz CT molecular complexity index is 1130. The molecule has 0 saturated carbocycles. The number of amides is 1. The van der Waals surface area contributed by atoms with Gasteiger partial charge in [-0.05, 0) is 74.5 Å². The fourth-order valence-electron chi connectivity index (χ4n) is 5.21. The van der Waals surface area contributed by atoms with E-state index < -0.39 is 0 Å². The number of carbonyl (C=O) groups excluding carboxylic acids is 1. The summed E-state index contributed by atoms with van der Waals surface area (Å²) in [5, 5.41) is 4.03. The molecular weight excluding hydrogens is 388 g/mol. The maximum Gasteiger partial charge on any atom is 0.344 e. The largest absolute Gasteiger partial charge is 0.422 e. The Balaban J connectivity index is 1.27. The summed E-state index contributed by atoms with van der Waals surface area (Å²) in [5.41, 5.74) is 2.08. The summed E-state index contributed by atoms with van der Waals surface area (Å²) < 4.78 is 5.44. The molecule has 0 radical (unpaired) electrons. The summed E-state index contributed by atoms with van der Waals surface area (Å²) in [6, 6.07) is 17.1. The molecule has 0 spiro atoms. The molecule has 1 aromatic heterocycles. The molecule has 2 aromatic carbocycles. The minimum atomic E-state index is -0.370. The maximum atomic E-state index is 12.7. The Morgan fingerprint density at radius 1 is 1.00 bits per heavy atom. The average molecular weight is 417 g/mol. The molecule has 3 heterocycles. The maximum absolute atomic E-state index is 12.7. The van der Waals surface area contributed by atoms with Crippen LogP contribution in [0.1, 0.15) is 42.5 Å². The van der Waals surface area contributed by atoms with Gasteiger partial charge >= 0.3 is 5.63 Å². The first kappa shape index (κ1) is 20.0. The zero-order valence-electron chi connectivity index (χ0n) is 17.7. The number of para-hydroxylation sites is 1. The predicted molar refractivity (Wildman–Crippen MR) is 122 cm³/mol. The second-order valence-electron chi connectivity index (χ2n) is 8.77. The number of benzene rings is 2. The van der Waals surface area contributed by atoms with Gasteiger partial charge in [0.15, 0.2) is 0 Å². The highest BCUT2D eigenvalue weighted by atomic mass is 16.4. The highest BCUT2D eigenvalue weighted by Gasteiger charge is 2.32. The van der Waals surface area contributed by atoms with E-state index in [2.05, 4.69) is 10.2 Å². The van der Waals surface area contributed by atoms with Crippen molar-refractivity contribution in [2.45, 2.75) is 38.1 Å². The molecule has 2 aliphatic heterocycles. The highest BCUT2D eigenvalue weighted by Crippen LogP contribution is 2.30. The quantitative estimate of drug-likeness (QED) is 0.638. The third-order valence-corrected chi connectivity index (χ3v) is 6.85. The van der Waals surface area contributed by atoms with Crippen molar-refractivity contribution in [1.29, 1.82) is 0 Å². The minimum absolute atomic E-state index is 0.0509. The van der Waals surface area contributed by atoms with Crippen LogP contribution in [0.25, 0.3) is 22.1 Å². The van der Waals surface area contributed by atoms with Gasteiger partial charge in [0.2, 0.25) is 0 Å². The van der Waals surface area contributed by atoms with Crippen molar-refractivity contribution >= 4 is 16.9 Å².